The summed E-state index contributed by atoms with van der Waals surface area (Å²) in [6.45, 7) is 1.15. The van der Waals surface area contributed by atoms with Gasteiger partial charge in [-0.2, -0.15) is 0 Å². The number of urea groups is 1. The molecule has 1 fully saturated rings. The molecule has 1 saturated heterocycles. The Morgan fingerprint density at radius 2 is 1.58 bits per heavy atom. The number of rotatable bonds is 9. The van der Waals surface area contributed by atoms with Crippen LogP contribution in [0.4, 0.5) is 10.5 Å². The minimum absolute atomic E-state index is 0.182. The second-order valence-electron chi connectivity index (χ2n) is 9.04. The molecule has 38 heavy (non-hydrogen) atoms. The van der Waals surface area contributed by atoms with Gasteiger partial charge in [-0.1, -0.05) is 54.6 Å². The summed E-state index contributed by atoms with van der Waals surface area (Å²) in [6, 6.07) is 23.8. The molecule has 1 atom stereocenters. The minimum atomic E-state index is -1.06. The lowest BCUT2D eigenvalue weighted by molar-refractivity contribution is -0.141. The predicted octanol–water partition coefficient (Wildman–Crippen LogP) is 3.11. The zero-order valence-corrected chi connectivity index (χ0v) is 21.4. The molecule has 0 spiro atoms. The third-order valence-corrected chi connectivity index (χ3v) is 6.49. The van der Waals surface area contributed by atoms with Crippen molar-refractivity contribution in [3.63, 3.8) is 0 Å². The summed E-state index contributed by atoms with van der Waals surface area (Å²) in [4.78, 5) is 42.8. The predicted molar refractivity (Wildman–Crippen MR) is 145 cm³/mol. The molecule has 1 aliphatic heterocycles. The Labute approximate surface area is 222 Å². The summed E-state index contributed by atoms with van der Waals surface area (Å²) in [7, 11) is 1.57. The summed E-state index contributed by atoms with van der Waals surface area (Å²) in [5.41, 5.74) is 9.17. The zero-order valence-electron chi connectivity index (χ0n) is 21.4. The Morgan fingerprint density at radius 1 is 0.895 bits per heavy atom. The summed E-state index contributed by atoms with van der Waals surface area (Å²) in [6.07, 6.45) is -0.274. The molecule has 4 amide bonds. The van der Waals surface area contributed by atoms with Crippen LogP contribution in [-0.4, -0.2) is 54.0 Å². The van der Waals surface area contributed by atoms with E-state index >= 15 is 0 Å². The number of nitrogens with zero attached hydrogens (tertiary/aromatic N) is 2. The first-order valence-corrected chi connectivity index (χ1v) is 12.6. The van der Waals surface area contributed by atoms with Gasteiger partial charge in [-0.15, -0.1) is 0 Å². The van der Waals surface area contributed by atoms with E-state index in [0.717, 1.165) is 16.7 Å². The number of aryl methyl sites for hydroxylation is 1. The fourth-order valence-electron chi connectivity index (χ4n) is 4.44. The number of amides is 4. The van der Waals surface area contributed by atoms with Crippen molar-refractivity contribution in [2.75, 3.05) is 25.5 Å². The topological polar surface area (TPSA) is 117 Å². The van der Waals surface area contributed by atoms with Crippen LogP contribution >= 0.6 is 0 Å². The number of nitrogens with two attached hydrogens (primary N) is 1. The molecular weight excluding hydrogens is 482 g/mol. The largest absolute Gasteiger partial charge is 0.497 e. The minimum Gasteiger partial charge on any atom is -0.497 e. The number of anilines is 1. The number of benzene rings is 3. The van der Waals surface area contributed by atoms with Crippen molar-refractivity contribution >= 4 is 23.5 Å². The van der Waals surface area contributed by atoms with Gasteiger partial charge in [-0.25, -0.2) is 4.79 Å². The molecule has 4 rings (SSSR count). The SMILES string of the molecule is COc1ccc(NC(=O)N2CCN(C(=O)CCc3ccccc3)C2C(=O)NCc2cccc(CN)c2)cc1. The van der Waals surface area contributed by atoms with Crippen molar-refractivity contribution in [2.24, 2.45) is 5.73 Å². The maximum atomic E-state index is 13.4. The first kappa shape index (κ1) is 26.7. The highest BCUT2D eigenvalue weighted by Gasteiger charge is 2.42. The highest BCUT2D eigenvalue weighted by molar-refractivity contribution is 5.96. The Morgan fingerprint density at radius 3 is 2.29 bits per heavy atom. The molecule has 9 nitrogen and oxygen atoms in total. The Bertz CT molecular complexity index is 1250. The molecule has 1 unspecified atom stereocenters. The van der Waals surface area contributed by atoms with E-state index in [1.54, 1.807) is 31.4 Å². The standard InChI is InChI=1S/C29H33N5O4/c1-38-25-13-11-24(12-14-25)32-29(37)34-17-16-33(26(35)15-10-21-6-3-2-4-7-21)28(34)27(36)31-20-23-9-5-8-22(18-23)19-30/h2-9,11-14,18,28H,10,15-17,19-20,30H2,1H3,(H,31,36)(H,32,37). The molecule has 1 aliphatic rings. The third-order valence-electron chi connectivity index (χ3n) is 6.49. The van der Waals surface area contributed by atoms with Gasteiger partial charge in [-0.05, 0) is 47.4 Å². The van der Waals surface area contributed by atoms with E-state index in [1.807, 2.05) is 54.6 Å². The molecule has 0 bridgehead atoms. The summed E-state index contributed by atoms with van der Waals surface area (Å²) in [5, 5.41) is 5.73. The zero-order chi connectivity index (χ0) is 26.9. The average molecular weight is 516 g/mol. The molecule has 0 aromatic heterocycles. The normalized spacial score (nSPS) is 14.7. The number of carbonyl (C=O) groups is 3. The van der Waals surface area contributed by atoms with Crippen LogP contribution in [0.25, 0.3) is 0 Å². The van der Waals surface area contributed by atoms with Gasteiger partial charge in [0.25, 0.3) is 5.91 Å². The van der Waals surface area contributed by atoms with Crippen LogP contribution in [0.2, 0.25) is 0 Å². The van der Waals surface area contributed by atoms with Crippen LogP contribution in [-0.2, 0) is 29.1 Å². The van der Waals surface area contributed by atoms with Gasteiger partial charge in [-0.3, -0.25) is 14.5 Å². The van der Waals surface area contributed by atoms with Gasteiger partial charge >= 0.3 is 6.03 Å². The molecule has 3 aromatic carbocycles. The van der Waals surface area contributed by atoms with Gasteiger partial charge in [0.2, 0.25) is 5.91 Å². The van der Waals surface area contributed by atoms with Gasteiger partial charge in [0.05, 0.1) is 7.11 Å². The van der Waals surface area contributed by atoms with Gasteiger partial charge in [0.15, 0.2) is 6.17 Å². The number of carbonyl (C=O) groups excluding carboxylic acids is 3. The average Bonchev–Trinajstić information content (AvgIpc) is 3.41. The fourth-order valence-corrected chi connectivity index (χ4v) is 4.44. The molecule has 4 N–H and O–H groups in total. The highest BCUT2D eigenvalue weighted by atomic mass is 16.5. The Kier molecular flexibility index (Phi) is 8.94. The molecule has 0 saturated carbocycles. The van der Waals surface area contributed by atoms with E-state index in [2.05, 4.69) is 10.6 Å². The van der Waals surface area contributed by atoms with Gasteiger partial charge in [0, 0.05) is 38.3 Å². The Balaban J connectivity index is 1.48. The van der Waals surface area contributed by atoms with E-state index in [1.165, 1.54) is 9.80 Å². The van der Waals surface area contributed by atoms with Crippen molar-refractivity contribution in [3.05, 3.63) is 95.6 Å². The van der Waals surface area contributed by atoms with Crippen LogP contribution in [0.3, 0.4) is 0 Å². The maximum absolute atomic E-state index is 13.4. The lowest BCUT2D eigenvalue weighted by atomic mass is 10.1. The van der Waals surface area contributed by atoms with Crippen LogP contribution in [0.1, 0.15) is 23.1 Å². The molecule has 0 aliphatic carbocycles. The molecule has 1 heterocycles. The van der Waals surface area contributed by atoms with E-state index in [4.69, 9.17) is 10.5 Å². The lowest BCUT2D eigenvalue weighted by Crippen LogP contribution is -2.54. The number of methoxy groups -OCH3 is 1. The quantitative estimate of drug-likeness (QED) is 0.405. The number of ether oxygens (including phenoxy) is 1. The smallest absolute Gasteiger partial charge is 0.323 e. The number of nitrogens with one attached hydrogen (secondary N) is 2. The van der Waals surface area contributed by atoms with Gasteiger partial charge in [0.1, 0.15) is 5.75 Å². The van der Waals surface area contributed by atoms with E-state index in [0.29, 0.717) is 24.4 Å². The molecule has 9 heteroatoms. The monoisotopic (exact) mass is 515 g/mol. The van der Waals surface area contributed by atoms with Crippen molar-refractivity contribution in [1.29, 1.82) is 0 Å². The van der Waals surface area contributed by atoms with E-state index in [9.17, 15) is 14.4 Å². The van der Waals surface area contributed by atoms with E-state index in [-0.39, 0.29) is 32.0 Å². The second-order valence-corrected chi connectivity index (χ2v) is 9.04. The van der Waals surface area contributed by atoms with E-state index < -0.39 is 18.1 Å². The molecular formula is C29H33N5O4. The van der Waals surface area contributed by atoms with Crippen LogP contribution in [0.15, 0.2) is 78.9 Å². The molecule has 0 radical (unpaired) electrons. The summed E-state index contributed by atoms with van der Waals surface area (Å²) >= 11 is 0. The van der Waals surface area contributed by atoms with Crippen molar-refractivity contribution in [3.8, 4) is 5.75 Å². The maximum Gasteiger partial charge on any atom is 0.323 e. The fraction of sp³-hybridized carbons (Fsp3) is 0.276. The van der Waals surface area contributed by atoms with Crippen molar-refractivity contribution in [2.45, 2.75) is 32.1 Å². The van der Waals surface area contributed by atoms with Crippen LogP contribution < -0.4 is 21.1 Å². The first-order chi connectivity index (χ1) is 18.5. The first-order valence-electron chi connectivity index (χ1n) is 12.6. The summed E-state index contributed by atoms with van der Waals surface area (Å²) in [5.74, 6) is 0.0628. The molecule has 198 valence electrons. The van der Waals surface area contributed by atoms with Crippen molar-refractivity contribution < 1.29 is 19.1 Å². The van der Waals surface area contributed by atoms with Crippen LogP contribution in [0.5, 0.6) is 5.75 Å². The lowest BCUT2D eigenvalue weighted by Gasteiger charge is -2.29. The Hall–Kier alpha value is -4.37. The highest BCUT2D eigenvalue weighted by Crippen LogP contribution is 2.21. The van der Waals surface area contributed by atoms with Crippen LogP contribution in [0, 0.1) is 0 Å². The van der Waals surface area contributed by atoms with Crippen molar-refractivity contribution in [1.82, 2.24) is 15.1 Å². The van der Waals surface area contributed by atoms with Gasteiger partial charge < -0.3 is 26.0 Å². The summed E-state index contributed by atoms with van der Waals surface area (Å²) < 4.78 is 5.17. The second kappa shape index (κ2) is 12.7. The third kappa shape index (κ3) is 6.68. The number of hydrogen-bond donors (Lipinski definition) is 3. The molecule has 3 aromatic rings. The number of hydrogen-bond acceptors (Lipinski definition) is 5.